The van der Waals surface area contributed by atoms with Gasteiger partial charge in [0.15, 0.2) is 16.6 Å². The Hall–Kier alpha value is -1.02. The van der Waals surface area contributed by atoms with Gasteiger partial charge in [-0.1, -0.05) is 71.6 Å². The number of hydrogen-bond donors (Lipinski definition) is 1. The van der Waals surface area contributed by atoms with Gasteiger partial charge in [-0.05, 0) is 54.5 Å². The van der Waals surface area contributed by atoms with Crippen molar-refractivity contribution in [1.82, 2.24) is 0 Å². The predicted octanol–water partition coefficient (Wildman–Crippen LogP) is 6.09. The Morgan fingerprint density at radius 3 is 2.16 bits per heavy atom. The van der Waals surface area contributed by atoms with Crippen LogP contribution in [0.1, 0.15) is 41.5 Å². The highest BCUT2D eigenvalue weighted by atomic mass is 32.2. The predicted molar refractivity (Wildman–Crippen MR) is 141 cm³/mol. The fourth-order valence-corrected chi connectivity index (χ4v) is 7.55. The van der Waals surface area contributed by atoms with Gasteiger partial charge in [0.05, 0.1) is 28.9 Å². The van der Waals surface area contributed by atoms with Crippen molar-refractivity contribution in [2.24, 2.45) is 0 Å². The van der Waals surface area contributed by atoms with E-state index in [1.165, 1.54) is 0 Å². The summed E-state index contributed by atoms with van der Waals surface area (Å²) in [7, 11) is -5.20. The Bertz CT molecular complexity index is 808. The quantitative estimate of drug-likeness (QED) is 0.299. The average Bonchev–Trinajstić information content (AvgIpc) is 2.76. The molecule has 1 aromatic carbocycles. The van der Waals surface area contributed by atoms with E-state index in [2.05, 4.69) is 66.5 Å². The molecule has 4 nitrogen and oxygen atoms in total. The zero-order valence-corrected chi connectivity index (χ0v) is 24.0. The van der Waals surface area contributed by atoms with Crippen molar-refractivity contribution in [3.05, 3.63) is 41.3 Å². The van der Waals surface area contributed by atoms with Gasteiger partial charge in [-0.3, -0.25) is 0 Å². The molecule has 0 aliphatic carbocycles. The molecule has 1 rings (SSSR count). The Morgan fingerprint density at radius 1 is 1.09 bits per heavy atom. The van der Waals surface area contributed by atoms with Crippen LogP contribution in [0.25, 0.3) is 0 Å². The maximum Gasteiger partial charge on any atom is 0.193 e. The largest absolute Gasteiger partial charge is 0.413 e. The normalized spacial score (nSPS) is 15.1. The lowest BCUT2D eigenvalue weighted by molar-refractivity contribution is 0.272. The van der Waals surface area contributed by atoms with Crippen LogP contribution in [-0.2, 0) is 19.7 Å². The number of aliphatic hydroxyl groups excluding tert-OH is 1. The van der Waals surface area contributed by atoms with E-state index in [-0.39, 0.29) is 5.04 Å². The summed E-state index contributed by atoms with van der Waals surface area (Å²) in [6.45, 7) is 18.0. The summed E-state index contributed by atoms with van der Waals surface area (Å²) < 4.78 is 25.6. The van der Waals surface area contributed by atoms with Crippen molar-refractivity contribution in [3.8, 4) is 11.8 Å². The molecule has 0 saturated heterocycles. The Kier molecular flexibility index (Phi) is 11.8. The van der Waals surface area contributed by atoms with Crippen molar-refractivity contribution in [3.63, 3.8) is 0 Å². The van der Waals surface area contributed by atoms with Crippen molar-refractivity contribution in [2.45, 2.75) is 88.8 Å². The van der Waals surface area contributed by atoms with Crippen molar-refractivity contribution in [2.75, 3.05) is 13.2 Å². The minimum absolute atomic E-state index is 0.0730. The zero-order chi connectivity index (χ0) is 24.4. The van der Waals surface area contributed by atoms with Crippen LogP contribution in [0.2, 0.25) is 36.3 Å². The van der Waals surface area contributed by atoms with Gasteiger partial charge in [-0.25, -0.2) is 4.21 Å². The summed E-state index contributed by atoms with van der Waals surface area (Å²) in [6, 6.07) is 12.3. The molecular formula is C25H42O4SSi2. The van der Waals surface area contributed by atoms with E-state index < -0.39 is 33.5 Å². The second-order valence-electron chi connectivity index (χ2n) is 9.52. The molecule has 0 aliphatic rings. The molecule has 0 fully saturated rings. The molecule has 0 saturated carbocycles. The van der Waals surface area contributed by atoms with E-state index in [0.717, 1.165) is 18.1 Å². The first kappa shape index (κ1) is 29.0. The molecule has 0 heterocycles. The average molecular weight is 495 g/mol. The molecule has 32 heavy (non-hydrogen) atoms. The molecule has 0 amide bonds. The SMILES string of the molecule is CC[Si](CC)(CC)OCC#C[C@H](O)/C(=C\CO[Si](C)(C)C(C)(C)C)[S@@](=O)c1ccccc1. The van der Waals surface area contributed by atoms with Crippen molar-refractivity contribution in [1.29, 1.82) is 0 Å². The Morgan fingerprint density at radius 2 is 1.66 bits per heavy atom. The van der Waals surface area contributed by atoms with Gasteiger partial charge in [0.25, 0.3) is 0 Å². The van der Waals surface area contributed by atoms with Crippen molar-refractivity contribution >= 4 is 27.4 Å². The number of hydrogen-bond acceptors (Lipinski definition) is 4. The van der Waals surface area contributed by atoms with E-state index in [9.17, 15) is 9.32 Å². The second-order valence-corrected chi connectivity index (χ2v) is 20.6. The highest BCUT2D eigenvalue weighted by Crippen LogP contribution is 2.36. The van der Waals surface area contributed by atoms with Crippen LogP contribution in [-0.4, -0.2) is 45.3 Å². The van der Waals surface area contributed by atoms with Gasteiger partial charge >= 0.3 is 0 Å². The summed E-state index contributed by atoms with van der Waals surface area (Å²) in [5.41, 5.74) is 0. The topological polar surface area (TPSA) is 55.8 Å². The van der Waals surface area contributed by atoms with Gasteiger partial charge in [0.1, 0.15) is 6.10 Å². The molecule has 0 radical (unpaired) electrons. The maximum absolute atomic E-state index is 13.2. The molecule has 0 aliphatic heterocycles. The van der Waals surface area contributed by atoms with Crippen molar-refractivity contribution < 1.29 is 18.2 Å². The summed E-state index contributed by atoms with van der Waals surface area (Å²) in [5, 5.41) is 10.9. The highest BCUT2D eigenvalue weighted by molar-refractivity contribution is 7.89. The Balaban J connectivity index is 3.05. The van der Waals surface area contributed by atoms with E-state index in [0.29, 0.717) is 23.0 Å². The Labute approximate surface area is 200 Å². The van der Waals surface area contributed by atoms with E-state index in [1.807, 2.05) is 18.2 Å². The number of benzene rings is 1. The number of aliphatic hydroxyl groups is 1. The lowest BCUT2D eigenvalue weighted by atomic mass is 10.2. The molecule has 7 heteroatoms. The summed E-state index contributed by atoms with van der Waals surface area (Å²) in [6.07, 6.45) is 0.607. The lowest BCUT2D eigenvalue weighted by Crippen LogP contribution is -2.40. The fourth-order valence-electron chi connectivity index (χ4n) is 2.97. The highest BCUT2D eigenvalue weighted by Gasteiger charge is 2.37. The second kappa shape index (κ2) is 13.0. The van der Waals surface area contributed by atoms with Gasteiger partial charge in [-0.2, -0.15) is 0 Å². The third-order valence-electron chi connectivity index (χ3n) is 6.60. The van der Waals surface area contributed by atoms with Crippen LogP contribution in [0.5, 0.6) is 0 Å². The first-order valence-corrected chi connectivity index (χ1v) is 18.1. The summed E-state index contributed by atoms with van der Waals surface area (Å²) in [4.78, 5) is 1.00. The van der Waals surface area contributed by atoms with Gasteiger partial charge in [-0.15, -0.1) is 0 Å². The van der Waals surface area contributed by atoms with Crippen LogP contribution in [0, 0.1) is 11.8 Å². The molecule has 0 spiro atoms. The van der Waals surface area contributed by atoms with Crippen LogP contribution >= 0.6 is 0 Å². The zero-order valence-electron chi connectivity index (χ0n) is 21.2. The third-order valence-corrected chi connectivity index (χ3v) is 17.2. The molecule has 0 bridgehead atoms. The lowest BCUT2D eigenvalue weighted by Gasteiger charge is -2.35. The molecule has 2 atom stereocenters. The molecule has 0 aromatic heterocycles. The smallest absolute Gasteiger partial charge is 0.193 e. The van der Waals surface area contributed by atoms with E-state index in [4.69, 9.17) is 8.85 Å². The molecule has 0 unspecified atom stereocenters. The monoisotopic (exact) mass is 494 g/mol. The standard InChI is InChI=1S/C25H42O4SSi2/c1-9-32(10-2,11-3)29-20-15-18-23(26)24(30(27)22-16-13-12-14-17-22)19-21-28-31(7,8)25(4,5)6/h12-14,16-17,19,23,26H,9-11,20-21H2,1-8H3/b24-19+/t23-,30-/m0/s1. The van der Waals surface area contributed by atoms with Crippen LogP contribution in [0.3, 0.4) is 0 Å². The maximum atomic E-state index is 13.2. The van der Waals surface area contributed by atoms with Crippen LogP contribution in [0.4, 0.5) is 0 Å². The molecule has 1 aromatic rings. The summed E-state index contributed by atoms with van der Waals surface area (Å²) in [5.74, 6) is 5.82. The van der Waals surface area contributed by atoms with Gasteiger partial charge < -0.3 is 14.0 Å². The van der Waals surface area contributed by atoms with E-state index >= 15 is 0 Å². The van der Waals surface area contributed by atoms with Crippen LogP contribution in [0.15, 0.2) is 46.2 Å². The minimum atomic E-state index is -1.96. The van der Waals surface area contributed by atoms with Gasteiger partial charge in [0.2, 0.25) is 0 Å². The summed E-state index contributed by atoms with van der Waals surface area (Å²) >= 11 is 0. The van der Waals surface area contributed by atoms with E-state index in [1.54, 1.807) is 18.2 Å². The first-order chi connectivity index (χ1) is 14.9. The molecule has 180 valence electrons. The fraction of sp³-hybridized carbons (Fsp3) is 0.600. The van der Waals surface area contributed by atoms with Gasteiger partial charge in [0, 0.05) is 4.90 Å². The van der Waals surface area contributed by atoms with Crippen LogP contribution < -0.4 is 0 Å². The minimum Gasteiger partial charge on any atom is -0.413 e. The molecule has 1 N–H and O–H groups in total. The molecular weight excluding hydrogens is 453 g/mol. The first-order valence-electron chi connectivity index (χ1n) is 11.5. The number of rotatable bonds is 11. The third kappa shape index (κ3) is 8.40.